The summed E-state index contributed by atoms with van der Waals surface area (Å²) >= 11 is 6.47. The van der Waals surface area contributed by atoms with Gasteiger partial charge < -0.3 is 10.1 Å². The van der Waals surface area contributed by atoms with E-state index in [4.69, 9.17) is 16.3 Å². The van der Waals surface area contributed by atoms with Crippen LogP contribution in [0.1, 0.15) is 50.2 Å². The minimum absolute atomic E-state index is 0.00457. The lowest BCUT2D eigenvalue weighted by Crippen LogP contribution is -2.34. The fourth-order valence-corrected chi connectivity index (χ4v) is 3.60. The molecule has 0 amide bonds. The molecule has 2 nitrogen and oxygen atoms in total. The Kier molecular flexibility index (Phi) is 3.96. The summed E-state index contributed by atoms with van der Waals surface area (Å²) in [6.45, 7) is 6.25. The lowest BCUT2D eigenvalue weighted by atomic mass is 9.86. The van der Waals surface area contributed by atoms with Gasteiger partial charge in [-0.1, -0.05) is 24.1 Å². The molecule has 1 atom stereocenters. The molecule has 3 heteroatoms. The van der Waals surface area contributed by atoms with Gasteiger partial charge in [-0.3, -0.25) is 0 Å². The van der Waals surface area contributed by atoms with Crippen LogP contribution in [0.5, 0.6) is 5.75 Å². The van der Waals surface area contributed by atoms with Gasteiger partial charge in [-0.2, -0.15) is 0 Å². The number of halogens is 1. The van der Waals surface area contributed by atoms with E-state index in [1.165, 1.54) is 36.8 Å². The number of hydrogen-bond acceptors (Lipinski definition) is 2. The molecule has 1 heterocycles. The van der Waals surface area contributed by atoms with Gasteiger partial charge in [0.15, 0.2) is 0 Å². The molecule has 1 aromatic carbocycles. The SMILES string of the molecule is Cc1cc(Cl)c(OCC2CCC2)c(C2(C)CCCN2)c1. The smallest absolute Gasteiger partial charge is 0.142 e. The highest BCUT2D eigenvalue weighted by molar-refractivity contribution is 6.32. The van der Waals surface area contributed by atoms with Crippen LogP contribution in [0.2, 0.25) is 5.02 Å². The summed E-state index contributed by atoms with van der Waals surface area (Å²) in [6.07, 6.45) is 6.31. The zero-order valence-electron chi connectivity index (χ0n) is 12.5. The van der Waals surface area contributed by atoms with Gasteiger partial charge in [0.2, 0.25) is 0 Å². The minimum atomic E-state index is 0.00457. The lowest BCUT2D eigenvalue weighted by Gasteiger charge is -2.31. The molecule has 1 saturated carbocycles. The van der Waals surface area contributed by atoms with Crippen LogP contribution in [0.3, 0.4) is 0 Å². The first kappa shape index (κ1) is 14.2. The van der Waals surface area contributed by atoms with E-state index in [-0.39, 0.29) is 5.54 Å². The van der Waals surface area contributed by atoms with Crippen LogP contribution in [0, 0.1) is 12.8 Å². The van der Waals surface area contributed by atoms with E-state index in [0.29, 0.717) is 0 Å². The van der Waals surface area contributed by atoms with E-state index in [0.717, 1.165) is 36.3 Å². The molecule has 3 rings (SSSR count). The van der Waals surface area contributed by atoms with Gasteiger partial charge in [0.1, 0.15) is 5.75 Å². The maximum Gasteiger partial charge on any atom is 0.142 e. The van der Waals surface area contributed by atoms with Gasteiger partial charge in [0, 0.05) is 11.1 Å². The highest BCUT2D eigenvalue weighted by atomic mass is 35.5. The molecule has 0 aromatic heterocycles. The summed E-state index contributed by atoms with van der Waals surface area (Å²) in [6, 6.07) is 4.25. The Morgan fingerprint density at radius 1 is 1.35 bits per heavy atom. The topological polar surface area (TPSA) is 21.3 Å². The van der Waals surface area contributed by atoms with Crippen LogP contribution in [-0.2, 0) is 5.54 Å². The van der Waals surface area contributed by atoms with Crippen LogP contribution >= 0.6 is 11.6 Å². The van der Waals surface area contributed by atoms with Crippen molar-refractivity contribution in [3.05, 3.63) is 28.3 Å². The maximum atomic E-state index is 6.47. The maximum absolute atomic E-state index is 6.47. The second-order valence-electron chi connectivity index (χ2n) is 6.59. The van der Waals surface area contributed by atoms with Gasteiger partial charge in [-0.05, 0) is 63.6 Å². The average molecular weight is 294 g/mol. The Labute approximate surface area is 126 Å². The molecule has 2 fully saturated rings. The largest absolute Gasteiger partial charge is 0.491 e. The van der Waals surface area contributed by atoms with Crippen molar-refractivity contribution in [3.63, 3.8) is 0 Å². The zero-order chi connectivity index (χ0) is 14.2. The molecule has 1 saturated heterocycles. The number of rotatable bonds is 4. The summed E-state index contributed by atoms with van der Waals surface area (Å²) in [5.74, 6) is 1.63. The van der Waals surface area contributed by atoms with Crippen molar-refractivity contribution in [2.24, 2.45) is 5.92 Å². The van der Waals surface area contributed by atoms with Crippen LogP contribution in [0.4, 0.5) is 0 Å². The van der Waals surface area contributed by atoms with Gasteiger partial charge in [-0.25, -0.2) is 0 Å². The first-order valence-electron chi connectivity index (χ1n) is 7.77. The fraction of sp³-hybridized carbons (Fsp3) is 0.647. The number of benzene rings is 1. The van der Waals surface area contributed by atoms with Crippen molar-refractivity contribution in [2.45, 2.75) is 51.5 Å². The molecule has 1 unspecified atom stereocenters. The van der Waals surface area contributed by atoms with E-state index >= 15 is 0 Å². The van der Waals surface area contributed by atoms with Crippen molar-refractivity contribution < 1.29 is 4.74 Å². The quantitative estimate of drug-likeness (QED) is 0.887. The zero-order valence-corrected chi connectivity index (χ0v) is 13.2. The second-order valence-corrected chi connectivity index (χ2v) is 7.00. The molecule has 0 bridgehead atoms. The molecule has 2 aliphatic rings. The molecule has 0 radical (unpaired) electrons. The minimum Gasteiger partial charge on any atom is -0.491 e. The summed E-state index contributed by atoms with van der Waals surface area (Å²) in [5.41, 5.74) is 2.44. The predicted octanol–water partition coefficient (Wildman–Crippen LogP) is 4.43. The van der Waals surface area contributed by atoms with Crippen molar-refractivity contribution in [3.8, 4) is 5.75 Å². The molecule has 1 aromatic rings. The number of hydrogen-bond donors (Lipinski definition) is 1. The van der Waals surface area contributed by atoms with E-state index < -0.39 is 0 Å². The Bertz CT molecular complexity index is 490. The monoisotopic (exact) mass is 293 g/mol. The van der Waals surface area contributed by atoms with Crippen molar-refractivity contribution in [1.29, 1.82) is 0 Å². The Morgan fingerprint density at radius 2 is 2.15 bits per heavy atom. The van der Waals surface area contributed by atoms with Gasteiger partial charge in [-0.15, -0.1) is 0 Å². The highest BCUT2D eigenvalue weighted by Gasteiger charge is 2.34. The second kappa shape index (κ2) is 5.57. The first-order valence-corrected chi connectivity index (χ1v) is 8.15. The third kappa shape index (κ3) is 2.68. The molecule has 0 spiro atoms. The Morgan fingerprint density at radius 3 is 2.75 bits per heavy atom. The summed E-state index contributed by atoms with van der Waals surface area (Å²) in [7, 11) is 0. The average Bonchev–Trinajstić information content (AvgIpc) is 2.77. The summed E-state index contributed by atoms with van der Waals surface area (Å²) in [4.78, 5) is 0. The Hall–Kier alpha value is -0.730. The van der Waals surface area contributed by atoms with Crippen molar-refractivity contribution in [1.82, 2.24) is 5.32 Å². The fourth-order valence-electron chi connectivity index (χ4n) is 3.27. The first-order chi connectivity index (χ1) is 9.58. The standard InChI is InChI=1S/C17H24ClNO/c1-12-9-14(17(2)7-4-8-19-17)16(15(18)10-12)20-11-13-5-3-6-13/h9-10,13,19H,3-8,11H2,1-2H3. The molecule has 1 aliphatic carbocycles. The summed E-state index contributed by atoms with van der Waals surface area (Å²) in [5, 5.41) is 4.38. The van der Waals surface area contributed by atoms with E-state index in [1.54, 1.807) is 0 Å². The van der Waals surface area contributed by atoms with Crippen molar-refractivity contribution in [2.75, 3.05) is 13.2 Å². The van der Waals surface area contributed by atoms with Crippen LogP contribution in [0.15, 0.2) is 12.1 Å². The predicted molar refractivity (Wildman–Crippen MR) is 83.6 cm³/mol. The molecule has 110 valence electrons. The van der Waals surface area contributed by atoms with E-state index in [9.17, 15) is 0 Å². The summed E-state index contributed by atoms with van der Waals surface area (Å²) < 4.78 is 6.13. The highest BCUT2D eigenvalue weighted by Crippen LogP contribution is 2.41. The van der Waals surface area contributed by atoms with Crippen LogP contribution < -0.4 is 10.1 Å². The molecular weight excluding hydrogens is 270 g/mol. The third-order valence-electron chi connectivity index (χ3n) is 4.84. The van der Waals surface area contributed by atoms with Gasteiger partial charge >= 0.3 is 0 Å². The number of nitrogens with one attached hydrogen (secondary N) is 1. The number of aryl methyl sites for hydroxylation is 1. The van der Waals surface area contributed by atoms with Crippen LogP contribution in [0.25, 0.3) is 0 Å². The molecule has 1 N–H and O–H groups in total. The normalized spacial score (nSPS) is 26.6. The molecular formula is C17H24ClNO. The van der Waals surface area contributed by atoms with Crippen molar-refractivity contribution >= 4 is 11.6 Å². The van der Waals surface area contributed by atoms with Gasteiger partial charge in [0.25, 0.3) is 0 Å². The third-order valence-corrected chi connectivity index (χ3v) is 5.12. The molecule has 1 aliphatic heterocycles. The van der Waals surface area contributed by atoms with Crippen LogP contribution in [-0.4, -0.2) is 13.2 Å². The molecule has 20 heavy (non-hydrogen) atoms. The Balaban J connectivity index is 1.89. The van der Waals surface area contributed by atoms with Gasteiger partial charge in [0.05, 0.1) is 11.6 Å². The van der Waals surface area contributed by atoms with E-state index in [2.05, 4.69) is 25.2 Å². The van der Waals surface area contributed by atoms with E-state index in [1.807, 2.05) is 6.07 Å². The lowest BCUT2D eigenvalue weighted by molar-refractivity contribution is 0.177. The number of ether oxygens (including phenoxy) is 1.